The molecule has 0 saturated carbocycles. The Morgan fingerprint density at radius 3 is 2.79 bits per heavy atom. The average Bonchev–Trinajstić information content (AvgIpc) is 2.77. The second-order valence-corrected chi connectivity index (χ2v) is 6.94. The highest BCUT2D eigenvalue weighted by atomic mass is 16.5. The van der Waals surface area contributed by atoms with Crippen molar-refractivity contribution < 1.29 is 14.3 Å². The number of rotatable bonds is 4. The number of benzene rings is 2. The van der Waals surface area contributed by atoms with Gasteiger partial charge in [0.25, 0.3) is 0 Å². The van der Waals surface area contributed by atoms with Gasteiger partial charge >= 0.3 is 5.97 Å². The number of carbonyl (C=O) groups is 2. The summed E-state index contributed by atoms with van der Waals surface area (Å²) in [4.78, 5) is 38.8. The van der Waals surface area contributed by atoms with Crippen LogP contribution in [0.1, 0.15) is 28.8 Å². The molecule has 0 radical (unpaired) electrons. The molecule has 1 aromatic heterocycles. The van der Waals surface area contributed by atoms with E-state index in [1.165, 1.54) is 13.3 Å². The second kappa shape index (κ2) is 7.87. The quantitative estimate of drug-likeness (QED) is 0.639. The summed E-state index contributed by atoms with van der Waals surface area (Å²) in [6, 6.07) is 12.6. The van der Waals surface area contributed by atoms with E-state index in [9.17, 15) is 14.4 Å². The first-order valence-corrected chi connectivity index (χ1v) is 9.55. The summed E-state index contributed by atoms with van der Waals surface area (Å²) in [6.07, 6.45) is 3.04. The van der Waals surface area contributed by atoms with Gasteiger partial charge in [0.2, 0.25) is 11.3 Å². The Morgan fingerprint density at radius 1 is 1.14 bits per heavy atom. The van der Waals surface area contributed by atoms with Gasteiger partial charge in [-0.25, -0.2) is 4.79 Å². The molecule has 0 aliphatic carbocycles. The molecule has 0 atom stereocenters. The number of hydrogen-bond acceptors (Lipinski definition) is 5. The lowest BCUT2D eigenvalue weighted by molar-refractivity contribution is -0.118. The smallest absolute Gasteiger partial charge is 0.338 e. The standard InChI is InChI=1S/C22H21N3O4/c1-29-22(28)16-7-4-10-18-15(16)8-5-12-24(18)21(27)11-13-25-19-9-3-2-6-17(19)20(26)14-23-25/h2-4,6-7,9-10,14H,5,8,11-13H2,1H3. The number of carbonyl (C=O) groups excluding carboxylic acids is 2. The van der Waals surface area contributed by atoms with E-state index in [4.69, 9.17) is 4.74 Å². The highest BCUT2D eigenvalue weighted by Crippen LogP contribution is 2.31. The molecule has 0 bridgehead atoms. The number of esters is 1. The van der Waals surface area contributed by atoms with Gasteiger partial charge in [-0.2, -0.15) is 5.10 Å². The number of ether oxygens (including phenoxy) is 1. The van der Waals surface area contributed by atoms with Gasteiger partial charge in [0.1, 0.15) is 0 Å². The third-order valence-corrected chi connectivity index (χ3v) is 5.26. The van der Waals surface area contributed by atoms with Crippen molar-refractivity contribution >= 4 is 28.5 Å². The van der Waals surface area contributed by atoms with Crippen molar-refractivity contribution in [1.29, 1.82) is 0 Å². The van der Waals surface area contributed by atoms with Crippen LogP contribution < -0.4 is 10.3 Å². The molecule has 2 aromatic carbocycles. The molecular weight excluding hydrogens is 370 g/mol. The lowest BCUT2D eigenvalue weighted by Gasteiger charge is -2.30. The maximum Gasteiger partial charge on any atom is 0.338 e. The summed E-state index contributed by atoms with van der Waals surface area (Å²) in [5.74, 6) is -0.433. The van der Waals surface area contributed by atoms with Gasteiger partial charge < -0.3 is 9.64 Å². The molecule has 3 aromatic rings. The molecule has 0 saturated heterocycles. The Bertz CT molecular complexity index is 1150. The molecule has 0 N–H and O–H groups in total. The summed E-state index contributed by atoms with van der Waals surface area (Å²) < 4.78 is 6.56. The van der Waals surface area contributed by atoms with Gasteiger partial charge in [0.15, 0.2) is 0 Å². The largest absolute Gasteiger partial charge is 0.465 e. The fraction of sp³-hybridized carbons (Fsp3) is 0.273. The highest BCUT2D eigenvalue weighted by molar-refractivity contribution is 5.98. The van der Waals surface area contributed by atoms with Gasteiger partial charge in [-0.05, 0) is 42.7 Å². The van der Waals surface area contributed by atoms with Crippen LogP contribution in [0.4, 0.5) is 5.69 Å². The molecule has 148 valence electrons. The Hall–Kier alpha value is -3.48. The summed E-state index contributed by atoms with van der Waals surface area (Å²) in [5.41, 5.74) is 2.70. The fourth-order valence-electron chi connectivity index (χ4n) is 3.86. The van der Waals surface area contributed by atoms with Crippen LogP contribution in [0.5, 0.6) is 0 Å². The number of methoxy groups -OCH3 is 1. The van der Waals surface area contributed by atoms with Crippen molar-refractivity contribution in [1.82, 2.24) is 9.78 Å². The first kappa shape index (κ1) is 18.9. The van der Waals surface area contributed by atoms with Crippen LogP contribution >= 0.6 is 0 Å². The minimum Gasteiger partial charge on any atom is -0.465 e. The molecule has 2 heterocycles. The fourth-order valence-corrected chi connectivity index (χ4v) is 3.86. The zero-order valence-corrected chi connectivity index (χ0v) is 16.1. The summed E-state index contributed by atoms with van der Waals surface area (Å²) in [7, 11) is 1.36. The lowest BCUT2D eigenvalue weighted by Crippen LogP contribution is -2.36. The molecule has 29 heavy (non-hydrogen) atoms. The van der Waals surface area contributed by atoms with Crippen LogP contribution in [-0.2, 0) is 22.5 Å². The normalized spacial score (nSPS) is 13.2. The van der Waals surface area contributed by atoms with Gasteiger partial charge in [0, 0.05) is 24.0 Å². The van der Waals surface area contributed by atoms with Crippen molar-refractivity contribution in [2.45, 2.75) is 25.8 Å². The minimum atomic E-state index is -0.389. The van der Waals surface area contributed by atoms with Gasteiger partial charge in [-0.3, -0.25) is 14.3 Å². The summed E-state index contributed by atoms with van der Waals surface area (Å²) >= 11 is 0. The monoisotopic (exact) mass is 391 g/mol. The second-order valence-electron chi connectivity index (χ2n) is 6.94. The van der Waals surface area contributed by atoms with Crippen molar-refractivity contribution in [2.24, 2.45) is 0 Å². The molecule has 7 nitrogen and oxygen atoms in total. The van der Waals surface area contributed by atoms with Gasteiger partial charge in [-0.15, -0.1) is 0 Å². The first-order valence-electron chi connectivity index (χ1n) is 9.55. The third-order valence-electron chi connectivity index (χ3n) is 5.26. The van der Waals surface area contributed by atoms with E-state index in [0.29, 0.717) is 29.6 Å². The number of nitrogens with zero attached hydrogens (tertiary/aromatic N) is 3. The number of hydrogen-bond donors (Lipinski definition) is 0. The van der Waals surface area contributed by atoms with E-state index < -0.39 is 0 Å². The number of amides is 1. The molecule has 1 amide bonds. The molecule has 7 heteroatoms. The van der Waals surface area contributed by atoms with Crippen molar-refractivity contribution in [3.8, 4) is 0 Å². The van der Waals surface area contributed by atoms with E-state index in [2.05, 4.69) is 5.10 Å². The van der Waals surface area contributed by atoms with E-state index in [1.807, 2.05) is 24.3 Å². The number of aryl methyl sites for hydroxylation is 1. The van der Waals surface area contributed by atoms with Crippen molar-refractivity contribution in [3.63, 3.8) is 0 Å². The Kier molecular flexibility index (Phi) is 5.12. The maximum absolute atomic E-state index is 13.0. The highest BCUT2D eigenvalue weighted by Gasteiger charge is 2.26. The van der Waals surface area contributed by atoms with Crippen molar-refractivity contribution in [2.75, 3.05) is 18.6 Å². The van der Waals surface area contributed by atoms with Crippen LogP contribution in [0.3, 0.4) is 0 Å². The Balaban J connectivity index is 1.58. The van der Waals surface area contributed by atoms with Crippen LogP contribution in [-0.4, -0.2) is 35.3 Å². The third kappa shape index (κ3) is 3.51. The van der Waals surface area contributed by atoms with Crippen LogP contribution in [0.2, 0.25) is 0 Å². The Morgan fingerprint density at radius 2 is 1.97 bits per heavy atom. The minimum absolute atomic E-state index is 0.0439. The van der Waals surface area contributed by atoms with E-state index in [-0.39, 0.29) is 23.7 Å². The van der Waals surface area contributed by atoms with Crippen LogP contribution in [0.25, 0.3) is 10.9 Å². The molecular formula is C22H21N3O4. The molecule has 0 fully saturated rings. The van der Waals surface area contributed by atoms with Crippen molar-refractivity contribution in [3.05, 3.63) is 70.0 Å². The zero-order valence-electron chi connectivity index (χ0n) is 16.1. The molecule has 4 rings (SSSR count). The first-order chi connectivity index (χ1) is 14.1. The molecule has 0 unspecified atom stereocenters. The lowest BCUT2D eigenvalue weighted by atomic mass is 9.96. The number of fused-ring (bicyclic) bond motifs is 2. The predicted molar refractivity (Wildman–Crippen MR) is 109 cm³/mol. The van der Waals surface area contributed by atoms with E-state index in [1.54, 1.807) is 27.8 Å². The number of para-hydroxylation sites is 1. The van der Waals surface area contributed by atoms with E-state index >= 15 is 0 Å². The molecule has 1 aliphatic rings. The SMILES string of the molecule is COC(=O)c1cccc2c1CCCN2C(=O)CCn1ncc(=O)c2ccccc21. The topological polar surface area (TPSA) is 81.5 Å². The number of aromatic nitrogens is 2. The molecule has 0 spiro atoms. The summed E-state index contributed by atoms with van der Waals surface area (Å²) in [5, 5.41) is 4.77. The van der Waals surface area contributed by atoms with E-state index in [0.717, 1.165) is 24.1 Å². The molecule has 1 aliphatic heterocycles. The number of anilines is 1. The van der Waals surface area contributed by atoms with Gasteiger partial charge in [0.05, 0.1) is 30.9 Å². The summed E-state index contributed by atoms with van der Waals surface area (Å²) in [6.45, 7) is 0.969. The Labute approximate surface area is 167 Å². The van der Waals surface area contributed by atoms with Crippen LogP contribution in [0, 0.1) is 0 Å². The van der Waals surface area contributed by atoms with Gasteiger partial charge in [-0.1, -0.05) is 18.2 Å². The maximum atomic E-state index is 13.0. The predicted octanol–water partition coefficient (Wildman–Crippen LogP) is 2.55. The average molecular weight is 391 g/mol. The zero-order chi connectivity index (χ0) is 20.4. The van der Waals surface area contributed by atoms with Crippen LogP contribution in [0.15, 0.2) is 53.5 Å².